The molecule has 0 spiro atoms. The number of anilines is 3. The predicted octanol–water partition coefficient (Wildman–Crippen LogP) is 4.84. The Morgan fingerprint density at radius 2 is 1.79 bits per heavy atom. The number of rotatable bonds is 5. The van der Waals surface area contributed by atoms with Crippen molar-refractivity contribution in [2.45, 2.75) is 44.7 Å². The highest BCUT2D eigenvalue weighted by Gasteiger charge is 2.26. The second kappa shape index (κ2) is 9.76. The zero-order chi connectivity index (χ0) is 25.5. The van der Waals surface area contributed by atoms with Crippen LogP contribution in [0.25, 0.3) is 16.9 Å². The second-order valence-electron chi connectivity index (χ2n) is 10.7. The summed E-state index contributed by atoms with van der Waals surface area (Å²) in [5, 5.41) is 6.41. The van der Waals surface area contributed by atoms with Crippen LogP contribution >= 0.6 is 0 Å². The molecule has 2 fully saturated rings. The molecule has 4 aromatic rings. The minimum absolute atomic E-state index is 0.000405. The number of hydrogen-bond donors (Lipinski definition) is 2. The number of imidazole rings is 1. The maximum Gasteiger partial charge on any atom is 0.251 e. The Balaban J connectivity index is 1.05. The number of aromatic nitrogens is 3. The molecule has 1 aromatic carbocycles. The SMILES string of the molecule is O=C1NCc2cc(-c3ccc(Nc4ccc(N5CCC(N6CCCCC6)CC5)nc4)c4nccn34)ccc21. The van der Waals surface area contributed by atoms with Crippen molar-refractivity contribution < 1.29 is 4.79 Å². The summed E-state index contributed by atoms with van der Waals surface area (Å²) in [5.74, 6) is 1.05. The van der Waals surface area contributed by atoms with Crippen molar-refractivity contribution >= 4 is 28.7 Å². The van der Waals surface area contributed by atoms with E-state index in [0.29, 0.717) is 6.54 Å². The molecule has 8 heteroatoms. The Labute approximate surface area is 222 Å². The standard InChI is InChI=1S/C30H33N7O/c38-30-25-6-4-21(18-22(25)19-33-30)27-8-7-26(29-31-12-17-37(27)29)34-23-5-9-28(32-20-23)36-15-10-24(11-16-36)35-13-2-1-3-14-35/h4-9,12,17-18,20,24,34H,1-3,10-11,13-16,19H2,(H,33,38). The van der Waals surface area contributed by atoms with Gasteiger partial charge in [-0.3, -0.25) is 9.20 Å². The summed E-state index contributed by atoms with van der Waals surface area (Å²) >= 11 is 0. The molecule has 3 aliphatic rings. The first-order valence-electron chi connectivity index (χ1n) is 13.8. The van der Waals surface area contributed by atoms with Crippen LogP contribution in [0.1, 0.15) is 48.0 Å². The van der Waals surface area contributed by atoms with E-state index in [9.17, 15) is 4.79 Å². The van der Waals surface area contributed by atoms with Crippen LogP contribution in [0.2, 0.25) is 0 Å². The van der Waals surface area contributed by atoms with Crippen LogP contribution in [0.5, 0.6) is 0 Å². The van der Waals surface area contributed by atoms with E-state index in [-0.39, 0.29) is 5.91 Å². The lowest BCUT2D eigenvalue weighted by Crippen LogP contribution is -2.46. The largest absolute Gasteiger partial charge is 0.357 e. The Morgan fingerprint density at radius 3 is 2.61 bits per heavy atom. The van der Waals surface area contributed by atoms with Gasteiger partial charge < -0.3 is 20.4 Å². The summed E-state index contributed by atoms with van der Waals surface area (Å²) < 4.78 is 2.09. The average Bonchev–Trinajstić information content (AvgIpc) is 3.62. The molecule has 0 bridgehead atoms. The minimum Gasteiger partial charge on any atom is -0.357 e. The van der Waals surface area contributed by atoms with E-state index in [2.05, 4.69) is 60.1 Å². The third kappa shape index (κ3) is 4.28. The third-order valence-electron chi connectivity index (χ3n) is 8.36. The van der Waals surface area contributed by atoms with Crippen molar-refractivity contribution in [3.63, 3.8) is 0 Å². The molecule has 3 aliphatic heterocycles. The molecular formula is C30H33N7O. The quantitative estimate of drug-likeness (QED) is 0.403. The molecule has 6 heterocycles. The highest BCUT2D eigenvalue weighted by Crippen LogP contribution is 2.30. The normalized spacial score (nSPS) is 18.5. The zero-order valence-corrected chi connectivity index (χ0v) is 21.6. The van der Waals surface area contributed by atoms with E-state index in [1.54, 1.807) is 0 Å². The summed E-state index contributed by atoms with van der Waals surface area (Å²) in [6, 6.07) is 15.1. The molecule has 38 heavy (non-hydrogen) atoms. The lowest BCUT2D eigenvalue weighted by molar-refractivity contribution is 0.0965. The lowest BCUT2D eigenvalue weighted by atomic mass is 10.00. The fraction of sp³-hybridized carbons (Fsp3) is 0.367. The number of amides is 1. The van der Waals surface area contributed by atoms with Gasteiger partial charge >= 0.3 is 0 Å². The maximum absolute atomic E-state index is 11.9. The highest BCUT2D eigenvalue weighted by molar-refractivity contribution is 5.99. The van der Waals surface area contributed by atoms with Crippen LogP contribution in [0.3, 0.4) is 0 Å². The van der Waals surface area contributed by atoms with Gasteiger partial charge in [0, 0.05) is 43.6 Å². The van der Waals surface area contributed by atoms with Crippen LogP contribution in [0.4, 0.5) is 17.2 Å². The molecule has 194 valence electrons. The van der Waals surface area contributed by atoms with Crippen LogP contribution in [0.15, 0.2) is 61.1 Å². The highest BCUT2D eigenvalue weighted by atomic mass is 16.1. The van der Waals surface area contributed by atoms with Crippen molar-refractivity contribution in [1.82, 2.24) is 24.6 Å². The molecule has 0 atom stereocenters. The van der Waals surface area contributed by atoms with Crippen molar-refractivity contribution in [3.8, 4) is 11.3 Å². The summed E-state index contributed by atoms with van der Waals surface area (Å²) in [6.07, 6.45) is 12.3. The Hall–Kier alpha value is -3.91. The number of nitrogens with zero attached hydrogens (tertiary/aromatic N) is 5. The molecule has 3 aromatic heterocycles. The van der Waals surface area contributed by atoms with Gasteiger partial charge in [0.2, 0.25) is 0 Å². The third-order valence-corrected chi connectivity index (χ3v) is 8.36. The first kappa shape index (κ1) is 23.2. The number of benzene rings is 1. The average molecular weight is 508 g/mol. The van der Waals surface area contributed by atoms with Gasteiger partial charge in [-0.15, -0.1) is 0 Å². The number of hydrogen-bond acceptors (Lipinski definition) is 6. The molecule has 7 rings (SSSR count). The van der Waals surface area contributed by atoms with Crippen LogP contribution < -0.4 is 15.5 Å². The van der Waals surface area contributed by atoms with E-state index in [1.165, 1.54) is 45.2 Å². The van der Waals surface area contributed by atoms with Crippen molar-refractivity contribution in [2.75, 3.05) is 36.4 Å². The van der Waals surface area contributed by atoms with Crippen molar-refractivity contribution in [1.29, 1.82) is 0 Å². The van der Waals surface area contributed by atoms with Gasteiger partial charge in [-0.25, -0.2) is 9.97 Å². The molecule has 0 radical (unpaired) electrons. The van der Waals surface area contributed by atoms with Crippen LogP contribution in [-0.4, -0.2) is 57.4 Å². The molecule has 2 N–H and O–H groups in total. The summed E-state index contributed by atoms with van der Waals surface area (Å²) in [6.45, 7) is 5.28. The number of nitrogens with one attached hydrogen (secondary N) is 2. The Kier molecular flexibility index (Phi) is 5.96. The summed E-state index contributed by atoms with van der Waals surface area (Å²) in [4.78, 5) is 26.5. The number of pyridine rings is 2. The number of likely N-dealkylation sites (tertiary alicyclic amines) is 1. The van der Waals surface area contributed by atoms with Crippen LogP contribution in [-0.2, 0) is 6.54 Å². The van der Waals surface area contributed by atoms with Crippen molar-refractivity contribution in [3.05, 3.63) is 72.2 Å². The molecule has 8 nitrogen and oxygen atoms in total. The smallest absolute Gasteiger partial charge is 0.251 e. The van der Waals surface area contributed by atoms with E-state index in [1.807, 2.05) is 30.7 Å². The molecular weight excluding hydrogens is 474 g/mol. The van der Waals surface area contributed by atoms with E-state index in [0.717, 1.165) is 64.4 Å². The first-order chi connectivity index (χ1) is 18.7. The van der Waals surface area contributed by atoms with Crippen LogP contribution in [0, 0.1) is 0 Å². The van der Waals surface area contributed by atoms with Gasteiger partial charge in [0.25, 0.3) is 5.91 Å². The summed E-state index contributed by atoms with van der Waals surface area (Å²) in [5.41, 5.74) is 6.60. The predicted molar refractivity (Wildman–Crippen MR) is 150 cm³/mol. The van der Waals surface area contributed by atoms with E-state index >= 15 is 0 Å². The molecule has 2 saturated heterocycles. The fourth-order valence-corrected chi connectivity index (χ4v) is 6.28. The van der Waals surface area contributed by atoms with E-state index < -0.39 is 0 Å². The molecule has 0 saturated carbocycles. The van der Waals surface area contributed by atoms with Gasteiger partial charge in [-0.2, -0.15) is 0 Å². The first-order valence-corrected chi connectivity index (χ1v) is 13.8. The topological polar surface area (TPSA) is 77.8 Å². The van der Waals surface area contributed by atoms with Gasteiger partial charge in [-0.05, 0) is 86.3 Å². The van der Waals surface area contributed by atoms with Gasteiger partial charge in [0.05, 0.1) is 23.3 Å². The zero-order valence-electron chi connectivity index (χ0n) is 21.6. The molecule has 0 unspecified atom stereocenters. The number of fused-ring (bicyclic) bond motifs is 2. The van der Waals surface area contributed by atoms with Gasteiger partial charge in [-0.1, -0.05) is 12.5 Å². The van der Waals surface area contributed by atoms with Gasteiger partial charge in [0.15, 0.2) is 5.65 Å². The minimum atomic E-state index is 0.000405. The second-order valence-corrected chi connectivity index (χ2v) is 10.7. The number of piperidine rings is 2. The van der Waals surface area contributed by atoms with E-state index in [4.69, 9.17) is 4.98 Å². The number of carbonyl (C=O) groups is 1. The summed E-state index contributed by atoms with van der Waals surface area (Å²) in [7, 11) is 0. The lowest BCUT2D eigenvalue weighted by Gasteiger charge is -2.40. The van der Waals surface area contributed by atoms with Crippen molar-refractivity contribution in [2.24, 2.45) is 0 Å². The fourth-order valence-electron chi connectivity index (χ4n) is 6.28. The number of carbonyl (C=O) groups excluding carboxylic acids is 1. The Bertz CT molecular complexity index is 1460. The van der Waals surface area contributed by atoms with Gasteiger partial charge in [0.1, 0.15) is 5.82 Å². The molecule has 1 amide bonds. The maximum atomic E-state index is 11.9. The Morgan fingerprint density at radius 1 is 0.921 bits per heavy atom. The monoisotopic (exact) mass is 507 g/mol. The molecule has 0 aliphatic carbocycles.